The van der Waals surface area contributed by atoms with E-state index in [1.54, 1.807) is 12.1 Å². The number of benzene rings is 1. The Labute approximate surface area is 129 Å². The SMILES string of the molecule is CCCNC(CCN(C)CC(C)CC)c1ccccc1F. The van der Waals surface area contributed by atoms with E-state index in [-0.39, 0.29) is 11.9 Å². The van der Waals surface area contributed by atoms with Crippen molar-refractivity contribution in [3.05, 3.63) is 35.6 Å². The Morgan fingerprint density at radius 2 is 1.95 bits per heavy atom. The molecule has 1 rings (SSSR count). The molecule has 0 aliphatic rings. The monoisotopic (exact) mass is 294 g/mol. The molecule has 0 aliphatic heterocycles. The van der Waals surface area contributed by atoms with E-state index in [1.807, 2.05) is 12.1 Å². The predicted molar refractivity (Wildman–Crippen MR) is 89.0 cm³/mol. The molecule has 0 fully saturated rings. The Balaban J connectivity index is 2.60. The summed E-state index contributed by atoms with van der Waals surface area (Å²) in [5.41, 5.74) is 0.794. The van der Waals surface area contributed by atoms with Crippen molar-refractivity contribution in [2.45, 2.75) is 46.1 Å². The van der Waals surface area contributed by atoms with Crippen molar-refractivity contribution in [3.8, 4) is 0 Å². The lowest BCUT2D eigenvalue weighted by Gasteiger charge is -2.25. The second-order valence-corrected chi connectivity index (χ2v) is 6.09. The van der Waals surface area contributed by atoms with Gasteiger partial charge in [0.2, 0.25) is 0 Å². The van der Waals surface area contributed by atoms with Gasteiger partial charge in [-0.15, -0.1) is 0 Å². The second-order valence-electron chi connectivity index (χ2n) is 6.09. The van der Waals surface area contributed by atoms with Gasteiger partial charge in [-0.05, 0) is 45.0 Å². The number of halogens is 1. The van der Waals surface area contributed by atoms with Crippen LogP contribution in [0.3, 0.4) is 0 Å². The third-order valence-corrected chi connectivity index (χ3v) is 4.04. The number of rotatable bonds is 10. The van der Waals surface area contributed by atoms with Crippen molar-refractivity contribution in [1.29, 1.82) is 0 Å². The van der Waals surface area contributed by atoms with Crippen LogP contribution in [0.1, 0.15) is 51.6 Å². The highest BCUT2D eigenvalue weighted by atomic mass is 19.1. The van der Waals surface area contributed by atoms with E-state index in [9.17, 15) is 4.39 Å². The summed E-state index contributed by atoms with van der Waals surface area (Å²) in [5, 5.41) is 3.48. The molecule has 0 heterocycles. The zero-order chi connectivity index (χ0) is 15.7. The third-order valence-electron chi connectivity index (χ3n) is 4.04. The first-order chi connectivity index (χ1) is 10.1. The normalized spacial score (nSPS) is 14.4. The van der Waals surface area contributed by atoms with Crippen LogP contribution in [0, 0.1) is 11.7 Å². The van der Waals surface area contributed by atoms with Gasteiger partial charge in [0.25, 0.3) is 0 Å². The summed E-state index contributed by atoms with van der Waals surface area (Å²) in [6, 6.07) is 7.23. The molecule has 2 unspecified atom stereocenters. The highest BCUT2D eigenvalue weighted by Crippen LogP contribution is 2.20. The van der Waals surface area contributed by atoms with Gasteiger partial charge in [-0.25, -0.2) is 4.39 Å². The Morgan fingerprint density at radius 3 is 2.57 bits per heavy atom. The van der Waals surface area contributed by atoms with Crippen LogP contribution in [-0.2, 0) is 0 Å². The van der Waals surface area contributed by atoms with Gasteiger partial charge in [0, 0.05) is 18.2 Å². The van der Waals surface area contributed by atoms with Gasteiger partial charge in [-0.1, -0.05) is 45.4 Å². The summed E-state index contributed by atoms with van der Waals surface area (Å²) < 4.78 is 14.0. The molecule has 0 radical (unpaired) electrons. The molecule has 1 aromatic carbocycles. The molecule has 3 heteroatoms. The summed E-state index contributed by atoms with van der Waals surface area (Å²) >= 11 is 0. The molecule has 0 amide bonds. The van der Waals surface area contributed by atoms with Crippen molar-refractivity contribution < 1.29 is 4.39 Å². The maximum absolute atomic E-state index is 14.0. The summed E-state index contributed by atoms with van der Waals surface area (Å²) in [6.45, 7) is 9.66. The molecular formula is C18H31FN2. The van der Waals surface area contributed by atoms with Crippen LogP contribution in [-0.4, -0.2) is 31.6 Å². The van der Waals surface area contributed by atoms with Gasteiger partial charge < -0.3 is 10.2 Å². The first kappa shape index (κ1) is 18.1. The molecule has 0 aliphatic carbocycles. The topological polar surface area (TPSA) is 15.3 Å². The summed E-state index contributed by atoms with van der Waals surface area (Å²) in [7, 11) is 2.16. The Bertz CT molecular complexity index is 395. The van der Waals surface area contributed by atoms with Crippen molar-refractivity contribution >= 4 is 0 Å². The van der Waals surface area contributed by atoms with Crippen LogP contribution in [0.2, 0.25) is 0 Å². The number of hydrogen-bond acceptors (Lipinski definition) is 2. The molecule has 0 saturated heterocycles. The minimum Gasteiger partial charge on any atom is -0.310 e. The molecule has 1 aromatic rings. The molecule has 0 saturated carbocycles. The quantitative estimate of drug-likeness (QED) is 0.694. The van der Waals surface area contributed by atoms with E-state index in [1.165, 1.54) is 6.42 Å². The molecule has 21 heavy (non-hydrogen) atoms. The molecule has 0 spiro atoms. The van der Waals surface area contributed by atoms with Crippen LogP contribution < -0.4 is 5.32 Å². The lowest BCUT2D eigenvalue weighted by molar-refractivity contribution is 0.265. The fourth-order valence-corrected chi connectivity index (χ4v) is 2.55. The van der Waals surface area contributed by atoms with Gasteiger partial charge in [-0.2, -0.15) is 0 Å². The fourth-order valence-electron chi connectivity index (χ4n) is 2.55. The van der Waals surface area contributed by atoms with Gasteiger partial charge >= 0.3 is 0 Å². The first-order valence-electron chi connectivity index (χ1n) is 8.24. The second kappa shape index (κ2) is 9.91. The van der Waals surface area contributed by atoms with E-state index in [0.29, 0.717) is 5.92 Å². The summed E-state index contributed by atoms with van der Waals surface area (Å²) in [5.74, 6) is 0.612. The standard InChI is InChI=1S/C18H31FN2/c1-5-12-20-18(16-9-7-8-10-17(16)19)11-13-21(4)14-15(3)6-2/h7-10,15,18,20H,5-6,11-14H2,1-4H3. The van der Waals surface area contributed by atoms with E-state index in [2.05, 4.69) is 38.0 Å². The maximum Gasteiger partial charge on any atom is 0.127 e. The minimum absolute atomic E-state index is 0.101. The zero-order valence-corrected chi connectivity index (χ0v) is 14.0. The Kier molecular flexibility index (Phi) is 8.55. The third kappa shape index (κ3) is 6.58. The van der Waals surface area contributed by atoms with Crippen LogP contribution in [0.15, 0.2) is 24.3 Å². The van der Waals surface area contributed by atoms with Crippen molar-refractivity contribution in [3.63, 3.8) is 0 Å². The van der Waals surface area contributed by atoms with Crippen molar-refractivity contribution in [1.82, 2.24) is 10.2 Å². The largest absolute Gasteiger partial charge is 0.310 e. The number of hydrogen-bond donors (Lipinski definition) is 1. The maximum atomic E-state index is 14.0. The first-order valence-corrected chi connectivity index (χ1v) is 8.24. The van der Waals surface area contributed by atoms with E-state index >= 15 is 0 Å². The molecule has 120 valence electrons. The molecule has 2 nitrogen and oxygen atoms in total. The summed E-state index contributed by atoms with van der Waals surface area (Å²) in [4.78, 5) is 2.36. The molecular weight excluding hydrogens is 263 g/mol. The highest BCUT2D eigenvalue weighted by molar-refractivity contribution is 5.21. The smallest absolute Gasteiger partial charge is 0.127 e. The van der Waals surface area contributed by atoms with E-state index in [4.69, 9.17) is 0 Å². The van der Waals surface area contributed by atoms with Crippen LogP contribution in [0.4, 0.5) is 4.39 Å². The number of nitrogens with one attached hydrogen (secondary N) is 1. The van der Waals surface area contributed by atoms with Crippen molar-refractivity contribution in [2.75, 3.05) is 26.7 Å². The zero-order valence-electron chi connectivity index (χ0n) is 14.0. The van der Waals surface area contributed by atoms with Gasteiger partial charge in [0.05, 0.1) is 0 Å². The van der Waals surface area contributed by atoms with Crippen molar-refractivity contribution in [2.24, 2.45) is 5.92 Å². The van der Waals surface area contributed by atoms with Gasteiger partial charge in [-0.3, -0.25) is 0 Å². The summed E-state index contributed by atoms with van der Waals surface area (Å²) in [6.07, 6.45) is 3.21. The minimum atomic E-state index is -0.101. The van der Waals surface area contributed by atoms with E-state index in [0.717, 1.165) is 38.0 Å². The molecule has 0 bridgehead atoms. The average molecular weight is 294 g/mol. The highest BCUT2D eigenvalue weighted by Gasteiger charge is 2.15. The molecule has 1 N–H and O–H groups in total. The van der Waals surface area contributed by atoms with Crippen LogP contribution >= 0.6 is 0 Å². The van der Waals surface area contributed by atoms with E-state index < -0.39 is 0 Å². The number of nitrogens with zero attached hydrogens (tertiary/aromatic N) is 1. The molecule has 2 atom stereocenters. The van der Waals surface area contributed by atoms with Gasteiger partial charge in [0.1, 0.15) is 5.82 Å². The fraction of sp³-hybridized carbons (Fsp3) is 0.667. The predicted octanol–water partition coefficient (Wildman–Crippen LogP) is 4.23. The lowest BCUT2D eigenvalue weighted by atomic mass is 10.0. The van der Waals surface area contributed by atoms with Crippen LogP contribution in [0.5, 0.6) is 0 Å². The van der Waals surface area contributed by atoms with Crippen LogP contribution in [0.25, 0.3) is 0 Å². The van der Waals surface area contributed by atoms with Gasteiger partial charge in [0.15, 0.2) is 0 Å². The Morgan fingerprint density at radius 1 is 1.24 bits per heavy atom. The Hall–Kier alpha value is -0.930. The molecule has 0 aromatic heterocycles. The lowest BCUT2D eigenvalue weighted by Crippen LogP contribution is -2.30. The average Bonchev–Trinajstić information content (AvgIpc) is 2.48.